The number of anilines is 2. The van der Waals surface area contributed by atoms with Crippen LogP contribution in [0.2, 0.25) is 0 Å². The van der Waals surface area contributed by atoms with Crippen molar-refractivity contribution in [1.29, 1.82) is 0 Å². The van der Waals surface area contributed by atoms with Crippen LogP contribution in [0.4, 0.5) is 15.8 Å². The van der Waals surface area contributed by atoms with E-state index in [9.17, 15) is 9.18 Å². The fourth-order valence-corrected chi connectivity index (χ4v) is 3.31. The molecule has 2 heterocycles. The summed E-state index contributed by atoms with van der Waals surface area (Å²) in [5.41, 5.74) is 4.77. The van der Waals surface area contributed by atoms with Crippen molar-refractivity contribution in [3.05, 3.63) is 96.3 Å². The van der Waals surface area contributed by atoms with Crippen LogP contribution in [0.15, 0.2) is 79.3 Å². The molecule has 0 bridgehead atoms. The van der Waals surface area contributed by atoms with E-state index < -0.39 is 5.82 Å². The first-order chi connectivity index (χ1) is 15.6. The van der Waals surface area contributed by atoms with Crippen molar-refractivity contribution in [2.24, 2.45) is 7.05 Å². The Balaban J connectivity index is 1.33. The lowest BCUT2D eigenvalue weighted by Gasteiger charge is -2.11. The maximum absolute atomic E-state index is 14.2. The summed E-state index contributed by atoms with van der Waals surface area (Å²) in [6.07, 6.45) is 6.42. The van der Waals surface area contributed by atoms with E-state index in [0.29, 0.717) is 18.7 Å². The van der Waals surface area contributed by atoms with E-state index in [1.807, 2.05) is 55.7 Å². The minimum Gasteiger partial charge on any atom is -0.379 e. The molecule has 0 radical (unpaired) electrons. The highest BCUT2D eigenvalue weighted by Crippen LogP contribution is 2.21. The summed E-state index contributed by atoms with van der Waals surface area (Å²) in [4.78, 5) is 16.7. The number of hydrogen-bond donors (Lipinski definition) is 2. The van der Waals surface area contributed by atoms with Gasteiger partial charge in [-0.3, -0.25) is 14.5 Å². The number of pyridine rings is 1. The van der Waals surface area contributed by atoms with Crippen LogP contribution in [-0.2, 0) is 24.8 Å². The van der Waals surface area contributed by atoms with Crippen molar-refractivity contribution in [2.45, 2.75) is 19.4 Å². The van der Waals surface area contributed by atoms with Crippen molar-refractivity contribution < 1.29 is 9.18 Å². The van der Waals surface area contributed by atoms with Gasteiger partial charge in [-0.15, -0.1) is 0 Å². The molecule has 0 saturated carbocycles. The molecule has 7 heteroatoms. The van der Waals surface area contributed by atoms with Crippen LogP contribution in [0.5, 0.6) is 0 Å². The number of nitrogens with zero attached hydrogens (tertiary/aromatic N) is 3. The van der Waals surface area contributed by atoms with E-state index in [0.717, 1.165) is 22.4 Å². The Kier molecular flexibility index (Phi) is 6.55. The summed E-state index contributed by atoms with van der Waals surface area (Å²) in [6.45, 7) is 0.473. The molecule has 0 unspecified atom stereocenters. The van der Waals surface area contributed by atoms with E-state index in [4.69, 9.17) is 0 Å². The van der Waals surface area contributed by atoms with Crippen LogP contribution in [0.3, 0.4) is 0 Å². The minimum absolute atomic E-state index is 0.160. The minimum atomic E-state index is -0.470. The van der Waals surface area contributed by atoms with E-state index >= 15 is 0 Å². The Labute approximate surface area is 186 Å². The number of nitrogens with one attached hydrogen (secondary N) is 2. The quantitative estimate of drug-likeness (QED) is 0.422. The number of carbonyl (C=O) groups excluding carboxylic acids is 1. The molecule has 0 fully saturated rings. The van der Waals surface area contributed by atoms with Crippen molar-refractivity contribution in [2.75, 3.05) is 10.6 Å². The van der Waals surface area contributed by atoms with E-state index in [1.54, 1.807) is 29.2 Å². The SMILES string of the molecule is Cn1cc(-c2ccc(CNc3ccc(F)c(NC(=O)CCc4ccccc4)c3)nc2)cn1. The predicted octanol–water partition coefficient (Wildman–Crippen LogP) is 4.80. The molecule has 0 aliphatic carbocycles. The second-order valence-corrected chi connectivity index (χ2v) is 7.52. The lowest BCUT2D eigenvalue weighted by atomic mass is 10.1. The Morgan fingerprint density at radius 2 is 1.88 bits per heavy atom. The van der Waals surface area contributed by atoms with Crippen molar-refractivity contribution in [3.63, 3.8) is 0 Å². The van der Waals surface area contributed by atoms with Gasteiger partial charge in [-0.25, -0.2) is 4.39 Å². The topological polar surface area (TPSA) is 71.8 Å². The Bertz CT molecular complexity index is 1190. The smallest absolute Gasteiger partial charge is 0.224 e. The third-order valence-corrected chi connectivity index (χ3v) is 5.06. The van der Waals surface area contributed by atoms with E-state index in [2.05, 4.69) is 20.7 Å². The van der Waals surface area contributed by atoms with Gasteiger partial charge in [0.05, 0.1) is 24.1 Å². The van der Waals surface area contributed by atoms with E-state index in [-0.39, 0.29) is 18.0 Å². The normalized spacial score (nSPS) is 10.7. The first-order valence-corrected chi connectivity index (χ1v) is 10.4. The fraction of sp³-hybridized carbons (Fsp3) is 0.160. The predicted molar refractivity (Wildman–Crippen MR) is 124 cm³/mol. The van der Waals surface area contributed by atoms with Gasteiger partial charge in [-0.2, -0.15) is 5.10 Å². The third-order valence-electron chi connectivity index (χ3n) is 5.06. The van der Waals surface area contributed by atoms with Crippen LogP contribution in [0, 0.1) is 5.82 Å². The maximum atomic E-state index is 14.2. The molecule has 0 saturated heterocycles. The third kappa shape index (κ3) is 5.57. The second kappa shape index (κ2) is 9.87. The highest BCUT2D eigenvalue weighted by atomic mass is 19.1. The Morgan fingerprint density at radius 3 is 2.59 bits per heavy atom. The zero-order chi connectivity index (χ0) is 22.3. The zero-order valence-electron chi connectivity index (χ0n) is 17.8. The number of hydrogen-bond acceptors (Lipinski definition) is 4. The highest BCUT2D eigenvalue weighted by molar-refractivity contribution is 5.91. The lowest BCUT2D eigenvalue weighted by Crippen LogP contribution is -2.14. The van der Waals surface area contributed by atoms with E-state index in [1.165, 1.54) is 6.07 Å². The van der Waals surface area contributed by atoms with Gasteiger partial charge in [0, 0.05) is 42.7 Å². The number of rotatable bonds is 8. The highest BCUT2D eigenvalue weighted by Gasteiger charge is 2.09. The van der Waals surface area contributed by atoms with Gasteiger partial charge >= 0.3 is 0 Å². The standard InChI is InChI=1S/C25H24FN5O/c1-31-17-20(15-29-31)19-8-9-22(27-14-19)16-28-21-10-11-23(26)24(13-21)30-25(32)12-7-18-5-3-2-4-6-18/h2-6,8-11,13-15,17,28H,7,12,16H2,1H3,(H,30,32). The van der Waals surface area contributed by atoms with Crippen molar-refractivity contribution >= 4 is 17.3 Å². The number of aryl methyl sites for hydroxylation is 2. The maximum Gasteiger partial charge on any atom is 0.224 e. The van der Waals surface area contributed by atoms with Crippen LogP contribution in [-0.4, -0.2) is 20.7 Å². The molecular formula is C25H24FN5O. The Hall–Kier alpha value is -4.00. The van der Waals surface area contributed by atoms with Gasteiger partial charge in [0.25, 0.3) is 0 Å². The summed E-state index contributed by atoms with van der Waals surface area (Å²) in [7, 11) is 1.87. The molecule has 6 nitrogen and oxygen atoms in total. The average molecular weight is 429 g/mol. The lowest BCUT2D eigenvalue weighted by molar-refractivity contribution is -0.116. The molecule has 0 atom stereocenters. The summed E-state index contributed by atoms with van der Waals surface area (Å²) in [6, 6.07) is 18.2. The van der Waals surface area contributed by atoms with Gasteiger partial charge in [0.15, 0.2) is 0 Å². The van der Waals surface area contributed by atoms with Crippen molar-refractivity contribution in [1.82, 2.24) is 14.8 Å². The molecule has 32 heavy (non-hydrogen) atoms. The molecule has 0 aliphatic rings. The summed E-state index contributed by atoms with van der Waals surface area (Å²) >= 11 is 0. The Morgan fingerprint density at radius 1 is 1.03 bits per heavy atom. The molecular weight excluding hydrogens is 405 g/mol. The van der Waals surface area contributed by atoms with Crippen LogP contribution < -0.4 is 10.6 Å². The van der Waals surface area contributed by atoms with Crippen LogP contribution in [0.1, 0.15) is 17.7 Å². The second-order valence-electron chi connectivity index (χ2n) is 7.52. The number of aromatic nitrogens is 3. The van der Waals surface area contributed by atoms with Gasteiger partial charge in [-0.05, 0) is 36.2 Å². The first kappa shape index (κ1) is 21.2. The molecule has 2 aromatic heterocycles. The van der Waals surface area contributed by atoms with Crippen LogP contribution in [0.25, 0.3) is 11.1 Å². The van der Waals surface area contributed by atoms with Gasteiger partial charge < -0.3 is 10.6 Å². The number of halogens is 1. The fourth-order valence-electron chi connectivity index (χ4n) is 3.31. The first-order valence-electron chi connectivity index (χ1n) is 10.4. The largest absolute Gasteiger partial charge is 0.379 e. The number of amides is 1. The molecule has 162 valence electrons. The summed E-state index contributed by atoms with van der Waals surface area (Å²) in [5, 5.41) is 10.1. The molecule has 1 amide bonds. The summed E-state index contributed by atoms with van der Waals surface area (Å²) in [5.74, 6) is -0.694. The monoisotopic (exact) mass is 429 g/mol. The molecule has 4 rings (SSSR count). The van der Waals surface area contributed by atoms with Crippen molar-refractivity contribution in [3.8, 4) is 11.1 Å². The zero-order valence-corrected chi connectivity index (χ0v) is 17.8. The number of carbonyl (C=O) groups is 1. The van der Waals surface area contributed by atoms with Gasteiger partial charge in [0.2, 0.25) is 5.91 Å². The number of benzene rings is 2. The molecule has 2 N–H and O–H groups in total. The van der Waals surface area contributed by atoms with Gasteiger partial charge in [0.1, 0.15) is 5.82 Å². The molecule has 0 aliphatic heterocycles. The molecule has 4 aromatic rings. The molecule has 0 spiro atoms. The molecule has 2 aromatic carbocycles. The van der Waals surface area contributed by atoms with Gasteiger partial charge in [-0.1, -0.05) is 36.4 Å². The summed E-state index contributed by atoms with van der Waals surface area (Å²) < 4.78 is 15.9. The van der Waals surface area contributed by atoms with Crippen LogP contribution >= 0.6 is 0 Å². The average Bonchev–Trinajstić information content (AvgIpc) is 3.25.